The van der Waals surface area contributed by atoms with E-state index in [1.165, 1.54) is 12.1 Å². The van der Waals surface area contributed by atoms with Crippen LogP contribution >= 0.6 is 0 Å². The van der Waals surface area contributed by atoms with Crippen LogP contribution in [0.5, 0.6) is 17.2 Å². The van der Waals surface area contributed by atoms with Crippen LogP contribution in [0.3, 0.4) is 0 Å². The molecule has 1 N–H and O–H groups in total. The van der Waals surface area contributed by atoms with Crippen molar-refractivity contribution < 1.29 is 19.4 Å². The Balaban J connectivity index is 1.84. The first-order valence-electron chi connectivity index (χ1n) is 8.40. The Morgan fingerprint density at radius 3 is 2.35 bits per heavy atom. The van der Waals surface area contributed by atoms with Gasteiger partial charge in [0.2, 0.25) is 0 Å². The molecule has 4 nitrogen and oxygen atoms in total. The lowest BCUT2D eigenvalue weighted by molar-refractivity contribution is 0.0781. The van der Waals surface area contributed by atoms with Crippen molar-refractivity contribution in [2.75, 3.05) is 7.11 Å². The number of aromatic hydroxyl groups is 1. The van der Waals surface area contributed by atoms with E-state index in [-0.39, 0.29) is 11.5 Å². The second kappa shape index (κ2) is 6.56. The quantitative estimate of drug-likeness (QED) is 0.758. The van der Waals surface area contributed by atoms with E-state index >= 15 is 0 Å². The van der Waals surface area contributed by atoms with Crippen molar-refractivity contribution in [2.24, 2.45) is 0 Å². The number of fused-ring (bicyclic) bond motifs is 1. The monoisotopic (exact) mass is 346 g/mol. The van der Waals surface area contributed by atoms with Crippen molar-refractivity contribution in [3.8, 4) is 17.2 Å². The summed E-state index contributed by atoms with van der Waals surface area (Å²) in [6, 6.07) is 21.8. The topological polar surface area (TPSA) is 55.8 Å². The molecular weight excluding hydrogens is 328 g/mol. The fourth-order valence-corrected chi connectivity index (χ4v) is 3.36. The minimum absolute atomic E-state index is 0.0155. The number of phenolic OH excluding ortho intramolecular Hbond substituents is 1. The molecule has 0 bridgehead atoms. The van der Waals surface area contributed by atoms with Gasteiger partial charge < -0.3 is 14.6 Å². The third-order valence-electron chi connectivity index (χ3n) is 4.67. The second-order valence-corrected chi connectivity index (χ2v) is 6.24. The standard InChI is InChI=1S/C22H18O4/c1-25-17-10-7-15(8-11-17)22-20(14-5-3-2-4-6-14)21(24)18-12-9-16(23)13-19(18)26-22/h2-13,20,22-23H,1H3/t20-,22+/m1/s1. The largest absolute Gasteiger partial charge is 0.508 e. The summed E-state index contributed by atoms with van der Waals surface area (Å²) in [5.41, 5.74) is 2.26. The van der Waals surface area contributed by atoms with Crippen molar-refractivity contribution in [2.45, 2.75) is 12.0 Å². The minimum atomic E-state index is -0.481. The average Bonchev–Trinajstić information content (AvgIpc) is 2.68. The van der Waals surface area contributed by atoms with E-state index in [9.17, 15) is 9.90 Å². The van der Waals surface area contributed by atoms with Crippen LogP contribution in [0, 0.1) is 0 Å². The van der Waals surface area contributed by atoms with Gasteiger partial charge in [-0.05, 0) is 35.4 Å². The molecule has 1 aliphatic rings. The molecule has 3 aromatic carbocycles. The number of ether oxygens (including phenoxy) is 2. The molecule has 1 heterocycles. The Hall–Kier alpha value is -3.27. The highest BCUT2D eigenvalue weighted by Gasteiger charge is 2.39. The number of ketones is 1. The maximum absolute atomic E-state index is 13.2. The minimum Gasteiger partial charge on any atom is -0.508 e. The molecule has 26 heavy (non-hydrogen) atoms. The number of carbonyl (C=O) groups is 1. The zero-order valence-corrected chi connectivity index (χ0v) is 14.3. The van der Waals surface area contributed by atoms with Crippen molar-refractivity contribution in [1.29, 1.82) is 0 Å². The van der Waals surface area contributed by atoms with Gasteiger partial charge in [0, 0.05) is 6.07 Å². The van der Waals surface area contributed by atoms with Gasteiger partial charge in [-0.15, -0.1) is 0 Å². The summed E-state index contributed by atoms with van der Waals surface area (Å²) in [6.07, 6.45) is -0.481. The van der Waals surface area contributed by atoms with Crippen LogP contribution in [0.25, 0.3) is 0 Å². The van der Waals surface area contributed by atoms with E-state index in [1.807, 2.05) is 54.6 Å². The molecule has 130 valence electrons. The number of hydrogen-bond donors (Lipinski definition) is 1. The number of Topliss-reactive ketones (excluding diaryl/α,β-unsaturated/α-hetero) is 1. The summed E-state index contributed by atoms with van der Waals surface area (Å²) >= 11 is 0. The normalized spacial score (nSPS) is 18.7. The summed E-state index contributed by atoms with van der Waals surface area (Å²) in [5, 5.41) is 9.77. The van der Waals surface area contributed by atoms with Gasteiger partial charge in [0.1, 0.15) is 23.4 Å². The summed E-state index contributed by atoms with van der Waals surface area (Å²) in [6.45, 7) is 0. The molecule has 0 radical (unpaired) electrons. The molecule has 0 saturated heterocycles. The summed E-state index contributed by atoms with van der Waals surface area (Å²) < 4.78 is 11.4. The fraction of sp³-hybridized carbons (Fsp3) is 0.136. The Morgan fingerprint density at radius 1 is 0.923 bits per heavy atom. The average molecular weight is 346 g/mol. The number of hydrogen-bond acceptors (Lipinski definition) is 4. The molecule has 0 aliphatic carbocycles. The first-order valence-corrected chi connectivity index (χ1v) is 8.40. The Bertz CT molecular complexity index is 932. The third kappa shape index (κ3) is 2.80. The van der Waals surface area contributed by atoms with E-state index in [1.54, 1.807) is 13.2 Å². The zero-order chi connectivity index (χ0) is 18.1. The maximum atomic E-state index is 13.2. The Morgan fingerprint density at radius 2 is 1.65 bits per heavy atom. The molecule has 0 saturated carbocycles. The smallest absolute Gasteiger partial charge is 0.178 e. The van der Waals surface area contributed by atoms with Gasteiger partial charge in [0.25, 0.3) is 0 Å². The lowest BCUT2D eigenvalue weighted by Crippen LogP contribution is -2.30. The molecule has 3 aromatic rings. The van der Waals surface area contributed by atoms with Crippen molar-refractivity contribution in [1.82, 2.24) is 0 Å². The highest BCUT2D eigenvalue weighted by Crippen LogP contribution is 2.44. The van der Waals surface area contributed by atoms with E-state index < -0.39 is 12.0 Å². The van der Waals surface area contributed by atoms with E-state index in [4.69, 9.17) is 9.47 Å². The van der Waals surface area contributed by atoms with E-state index in [0.717, 1.165) is 16.9 Å². The van der Waals surface area contributed by atoms with Gasteiger partial charge in [0.15, 0.2) is 5.78 Å². The van der Waals surface area contributed by atoms with E-state index in [0.29, 0.717) is 11.3 Å². The first-order chi connectivity index (χ1) is 12.7. The molecule has 1 aliphatic heterocycles. The second-order valence-electron chi connectivity index (χ2n) is 6.24. The van der Waals surface area contributed by atoms with E-state index in [2.05, 4.69) is 0 Å². The van der Waals surface area contributed by atoms with Gasteiger partial charge in [-0.3, -0.25) is 4.79 Å². The van der Waals surface area contributed by atoms with Crippen LogP contribution in [0.4, 0.5) is 0 Å². The first kappa shape index (κ1) is 16.2. The molecule has 0 aromatic heterocycles. The maximum Gasteiger partial charge on any atom is 0.178 e. The van der Waals surface area contributed by atoms with Crippen LogP contribution in [0.2, 0.25) is 0 Å². The lowest BCUT2D eigenvalue weighted by Gasteiger charge is -2.33. The van der Waals surface area contributed by atoms with Gasteiger partial charge in [-0.2, -0.15) is 0 Å². The molecule has 2 atom stereocenters. The van der Waals surface area contributed by atoms with Crippen molar-refractivity contribution >= 4 is 5.78 Å². The summed E-state index contributed by atoms with van der Waals surface area (Å²) in [7, 11) is 1.61. The van der Waals surface area contributed by atoms with Crippen LogP contribution < -0.4 is 9.47 Å². The molecule has 4 heteroatoms. The fourth-order valence-electron chi connectivity index (χ4n) is 3.36. The molecule has 0 spiro atoms. The number of rotatable bonds is 3. The van der Waals surface area contributed by atoms with Gasteiger partial charge in [-0.1, -0.05) is 42.5 Å². The SMILES string of the molecule is COc1ccc([C@@H]2Oc3cc(O)ccc3C(=O)[C@H]2c2ccccc2)cc1. The highest BCUT2D eigenvalue weighted by atomic mass is 16.5. The van der Waals surface area contributed by atoms with Crippen LogP contribution in [-0.2, 0) is 0 Å². The number of carbonyl (C=O) groups excluding carboxylic acids is 1. The Kier molecular flexibility index (Phi) is 4.09. The summed E-state index contributed by atoms with van der Waals surface area (Å²) in [5.74, 6) is 0.747. The number of methoxy groups -OCH3 is 1. The van der Waals surface area contributed by atoms with Crippen molar-refractivity contribution in [3.63, 3.8) is 0 Å². The highest BCUT2D eigenvalue weighted by molar-refractivity contribution is 6.04. The summed E-state index contributed by atoms with van der Waals surface area (Å²) in [4.78, 5) is 13.2. The molecular formula is C22H18O4. The van der Waals surface area contributed by atoms with Gasteiger partial charge >= 0.3 is 0 Å². The zero-order valence-electron chi connectivity index (χ0n) is 14.3. The van der Waals surface area contributed by atoms with Crippen molar-refractivity contribution in [3.05, 3.63) is 89.5 Å². The Labute approximate surface area is 151 Å². The predicted molar refractivity (Wildman–Crippen MR) is 98.0 cm³/mol. The van der Waals surface area contributed by atoms with Crippen LogP contribution in [0.1, 0.15) is 33.5 Å². The number of phenols is 1. The lowest BCUT2D eigenvalue weighted by atomic mass is 9.81. The third-order valence-corrected chi connectivity index (χ3v) is 4.67. The predicted octanol–water partition coefficient (Wildman–Crippen LogP) is 4.50. The van der Waals surface area contributed by atoms with Crippen LogP contribution in [0.15, 0.2) is 72.8 Å². The van der Waals surface area contributed by atoms with Gasteiger partial charge in [-0.25, -0.2) is 0 Å². The molecule has 4 rings (SSSR count). The molecule has 0 fully saturated rings. The van der Waals surface area contributed by atoms with Crippen LogP contribution in [-0.4, -0.2) is 18.0 Å². The van der Waals surface area contributed by atoms with Gasteiger partial charge in [0.05, 0.1) is 18.6 Å². The molecule has 0 unspecified atom stereocenters. The number of benzene rings is 3. The molecule has 0 amide bonds.